The number of likely N-dealkylation sites (tertiary alicyclic amines) is 1. The summed E-state index contributed by atoms with van der Waals surface area (Å²) in [5.74, 6) is 2.48. The van der Waals surface area contributed by atoms with Crippen LogP contribution in [0.25, 0.3) is 22.0 Å². The van der Waals surface area contributed by atoms with E-state index in [1.54, 1.807) is 21.1 Å². The number of fused-ring (bicyclic) bond motifs is 1. The summed E-state index contributed by atoms with van der Waals surface area (Å²) < 4.78 is 10.8. The van der Waals surface area contributed by atoms with Crippen LogP contribution < -0.4 is 14.8 Å². The third-order valence-electron chi connectivity index (χ3n) is 7.05. The van der Waals surface area contributed by atoms with Crippen molar-refractivity contribution >= 4 is 47.2 Å². The molecule has 0 spiro atoms. The highest BCUT2D eigenvalue weighted by Gasteiger charge is 2.21. The van der Waals surface area contributed by atoms with Gasteiger partial charge in [-0.2, -0.15) is 0 Å². The predicted molar refractivity (Wildman–Crippen MR) is 161 cm³/mol. The Bertz CT molecular complexity index is 1390. The lowest BCUT2D eigenvalue weighted by molar-refractivity contribution is 0.101. The Morgan fingerprint density at radius 2 is 1.51 bits per heavy atom. The number of nitrogens with one attached hydrogen (secondary N) is 1. The SMILES string of the molecule is COc1ccc(-c2nnc(NC3CCN(Cc4ccc(C(C)=O)cc4)CC3)c3cc(OC)ccc23)cc1.Cl.Cl. The lowest BCUT2D eigenvalue weighted by atomic mass is 10.0. The summed E-state index contributed by atoms with van der Waals surface area (Å²) in [6.07, 6.45) is 2.03. The molecule has 0 atom stereocenters. The Kier molecular flexibility index (Phi) is 10.5. The van der Waals surface area contributed by atoms with Crippen LogP contribution in [0.3, 0.4) is 0 Å². The second-order valence-electron chi connectivity index (χ2n) is 9.49. The molecule has 5 rings (SSSR count). The molecule has 206 valence electrons. The number of methoxy groups -OCH3 is 2. The quantitative estimate of drug-likeness (QED) is 0.245. The van der Waals surface area contributed by atoms with Crippen molar-refractivity contribution in [2.75, 3.05) is 32.6 Å². The molecule has 1 aliphatic heterocycles. The van der Waals surface area contributed by atoms with Crippen molar-refractivity contribution in [1.82, 2.24) is 15.1 Å². The zero-order chi connectivity index (χ0) is 25.8. The fraction of sp³-hybridized carbons (Fsp3) is 0.300. The van der Waals surface area contributed by atoms with Crippen LogP contribution in [0.1, 0.15) is 35.7 Å². The molecule has 0 aliphatic carbocycles. The van der Waals surface area contributed by atoms with Gasteiger partial charge in [0, 0.05) is 47.6 Å². The molecule has 0 radical (unpaired) electrons. The minimum absolute atomic E-state index is 0. The summed E-state index contributed by atoms with van der Waals surface area (Å²) in [5, 5.41) is 14.9. The molecule has 0 bridgehead atoms. The number of hydrogen-bond acceptors (Lipinski definition) is 7. The summed E-state index contributed by atoms with van der Waals surface area (Å²) in [6, 6.07) is 22.2. The minimum atomic E-state index is 0. The first-order valence-corrected chi connectivity index (χ1v) is 12.6. The van der Waals surface area contributed by atoms with E-state index in [1.165, 1.54) is 5.56 Å². The largest absolute Gasteiger partial charge is 0.497 e. The highest BCUT2D eigenvalue weighted by atomic mass is 35.5. The van der Waals surface area contributed by atoms with Gasteiger partial charge < -0.3 is 14.8 Å². The topological polar surface area (TPSA) is 76.6 Å². The van der Waals surface area contributed by atoms with E-state index in [0.29, 0.717) is 6.04 Å². The molecule has 39 heavy (non-hydrogen) atoms. The molecular weight excluding hydrogens is 535 g/mol. The average molecular weight is 570 g/mol. The number of ether oxygens (including phenoxy) is 2. The minimum Gasteiger partial charge on any atom is -0.497 e. The maximum Gasteiger partial charge on any atom is 0.159 e. The lowest BCUT2D eigenvalue weighted by Crippen LogP contribution is -2.38. The lowest BCUT2D eigenvalue weighted by Gasteiger charge is -2.32. The Labute approximate surface area is 241 Å². The van der Waals surface area contributed by atoms with Gasteiger partial charge in [0.25, 0.3) is 0 Å². The number of anilines is 1. The van der Waals surface area contributed by atoms with Gasteiger partial charge in [-0.05, 0) is 67.8 Å². The monoisotopic (exact) mass is 568 g/mol. The first-order chi connectivity index (χ1) is 18.0. The van der Waals surface area contributed by atoms with Crippen molar-refractivity contribution in [3.63, 3.8) is 0 Å². The molecule has 0 unspecified atom stereocenters. The number of hydrogen-bond donors (Lipinski definition) is 1. The Hall–Kier alpha value is -3.39. The van der Waals surface area contributed by atoms with E-state index in [2.05, 4.69) is 32.5 Å². The highest BCUT2D eigenvalue weighted by Crippen LogP contribution is 2.34. The number of ketones is 1. The van der Waals surface area contributed by atoms with Crippen LogP contribution in [0, 0.1) is 0 Å². The summed E-state index contributed by atoms with van der Waals surface area (Å²) in [6.45, 7) is 4.47. The molecule has 1 saturated heterocycles. The van der Waals surface area contributed by atoms with Gasteiger partial charge in [0.05, 0.1) is 14.2 Å². The number of Topliss-reactive ketones (excluding diaryl/α,β-unsaturated/α-hetero) is 1. The molecule has 2 heterocycles. The van der Waals surface area contributed by atoms with Gasteiger partial charge in [-0.1, -0.05) is 24.3 Å². The molecule has 1 aliphatic rings. The van der Waals surface area contributed by atoms with Crippen molar-refractivity contribution < 1.29 is 14.3 Å². The molecular formula is C30H34Cl2N4O3. The number of aromatic nitrogens is 2. The van der Waals surface area contributed by atoms with Gasteiger partial charge in [-0.3, -0.25) is 9.69 Å². The van der Waals surface area contributed by atoms with E-state index in [4.69, 9.17) is 9.47 Å². The summed E-state index contributed by atoms with van der Waals surface area (Å²) in [4.78, 5) is 14.0. The van der Waals surface area contributed by atoms with E-state index >= 15 is 0 Å². The third-order valence-corrected chi connectivity index (χ3v) is 7.05. The number of carbonyl (C=O) groups excluding carboxylic acids is 1. The fourth-order valence-corrected chi connectivity index (χ4v) is 4.86. The molecule has 0 saturated carbocycles. The van der Waals surface area contributed by atoms with Gasteiger partial charge in [-0.25, -0.2) is 0 Å². The van der Waals surface area contributed by atoms with Crippen molar-refractivity contribution in [2.24, 2.45) is 0 Å². The van der Waals surface area contributed by atoms with Crippen molar-refractivity contribution in [3.05, 3.63) is 77.9 Å². The van der Waals surface area contributed by atoms with Crippen LogP contribution in [-0.2, 0) is 6.54 Å². The molecule has 1 N–H and O–H groups in total. The zero-order valence-electron chi connectivity index (χ0n) is 22.3. The van der Waals surface area contributed by atoms with E-state index < -0.39 is 0 Å². The summed E-state index contributed by atoms with van der Waals surface area (Å²) in [7, 11) is 3.34. The Balaban J connectivity index is 0.00000210. The summed E-state index contributed by atoms with van der Waals surface area (Å²) >= 11 is 0. The van der Waals surface area contributed by atoms with Crippen LogP contribution in [0.5, 0.6) is 11.5 Å². The van der Waals surface area contributed by atoms with Crippen LogP contribution >= 0.6 is 24.8 Å². The van der Waals surface area contributed by atoms with E-state index in [1.807, 2.05) is 54.6 Å². The van der Waals surface area contributed by atoms with Crippen molar-refractivity contribution in [3.8, 4) is 22.8 Å². The Morgan fingerprint density at radius 3 is 2.13 bits per heavy atom. The molecule has 1 aromatic heterocycles. The van der Waals surface area contributed by atoms with Crippen LogP contribution in [0.2, 0.25) is 0 Å². The second kappa shape index (κ2) is 13.6. The van der Waals surface area contributed by atoms with Gasteiger partial charge in [0.15, 0.2) is 11.6 Å². The molecule has 0 amide bonds. The van der Waals surface area contributed by atoms with Gasteiger partial charge >= 0.3 is 0 Å². The van der Waals surface area contributed by atoms with Crippen LogP contribution in [0.4, 0.5) is 5.82 Å². The normalized spacial score (nSPS) is 13.7. The smallest absolute Gasteiger partial charge is 0.159 e. The standard InChI is InChI=1S/C30H32N4O3.2ClH/c1-20(35)22-6-4-21(5-7-22)19-34-16-14-24(15-17-34)31-30-28-18-26(37-3)12-13-27(28)29(32-33-30)23-8-10-25(36-2)11-9-23;;/h4-13,18,24H,14-17,19H2,1-3H3,(H,31,33);2*1H. The van der Waals surface area contributed by atoms with Gasteiger partial charge in [0.1, 0.15) is 17.2 Å². The molecule has 4 aromatic rings. The fourth-order valence-electron chi connectivity index (χ4n) is 4.86. The highest BCUT2D eigenvalue weighted by molar-refractivity contribution is 6.01. The van der Waals surface area contributed by atoms with Crippen LogP contribution in [0.15, 0.2) is 66.7 Å². The van der Waals surface area contributed by atoms with Crippen molar-refractivity contribution in [1.29, 1.82) is 0 Å². The number of rotatable bonds is 8. The maximum absolute atomic E-state index is 11.5. The van der Waals surface area contributed by atoms with E-state index in [9.17, 15) is 4.79 Å². The second-order valence-corrected chi connectivity index (χ2v) is 9.49. The molecule has 3 aromatic carbocycles. The first-order valence-electron chi connectivity index (χ1n) is 12.6. The molecule has 9 heteroatoms. The number of benzene rings is 3. The summed E-state index contributed by atoms with van der Waals surface area (Å²) in [5.41, 5.74) is 3.81. The molecule has 7 nitrogen and oxygen atoms in total. The number of halogens is 2. The maximum atomic E-state index is 11.5. The number of carbonyl (C=O) groups is 1. The third kappa shape index (κ3) is 6.98. The number of piperidine rings is 1. The molecule has 1 fully saturated rings. The Morgan fingerprint density at radius 1 is 0.872 bits per heavy atom. The number of nitrogens with zero attached hydrogens (tertiary/aromatic N) is 3. The van der Waals surface area contributed by atoms with E-state index in [-0.39, 0.29) is 30.6 Å². The van der Waals surface area contributed by atoms with E-state index in [0.717, 1.165) is 77.4 Å². The zero-order valence-corrected chi connectivity index (χ0v) is 24.0. The van der Waals surface area contributed by atoms with Gasteiger partial charge in [0.2, 0.25) is 0 Å². The predicted octanol–water partition coefficient (Wildman–Crippen LogP) is 6.44. The van der Waals surface area contributed by atoms with Crippen LogP contribution in [-0.4, -0.2) is 54.2 Å². The average Bonchev–Trinajstić information content (AvgIpc) is 2.94. The first kappa shape index (κ1) is 30.2. The van der Waals surface area contributed by atoms with Gasteiger partial charge in [-0.15, -0.1) is 35.0 Å². The van der Waals surface area contributed by atoms with Crippen molar-refractivity contribution in [2.45, 2.75) is 32.4 Å².